The number of aliphatic hydroxyl groups is 1. The number of nitrogens with one attached hydrogen (secondary N) is 1. The van der Waals surface area contributed by atoms with E-state index in [9.17, 15) is 20.0 Å². The van der Waals surface area contributed by atoms with Crippen molar-refractivity contribution in [2.24, 2.45) is 0 Å². The minimum Gasteiger partial charge on any atom is -0.393 e. The van der Waals surface area contributed by atoms with E-state index in [2.05, 4.69) is 5.32 Å². The standard InChI is InChI=1S/C13H18N2O4/c1-8-4-5-12(15(18)19)11(6-8)13(17)14-9(2)7-10(3)16/h4-6,9-10,16H,7H2,1-3H3,(H,14,17). The smallest absolute Gasteiger partial charge is 0.282 e. The maximum absolute atomic E-state index is 12.0. The van der Waals surface area contributed by atoms with E-state index in [4.69, 9.17) is 0 Å². The van der Waals surface area contributed by atoms with Gasteiger partial charge in [-0.2, -0.15) is 0 Å². The molecule has 1 amide bonds. The third-order valence-electron chi connectivity index (χ3n) is 2.67. The molecule has 0 saturated carbocycles. The third kappa shape index (κ3) is 4.33. The van der Waals surface area contributed by atoms with Crippen LogP contribution in [-0.2, 0) is 0 Å². The first-order valence-electron chi connectivity index (χ1n) is 6.05. The molecule has 0 radical (unpaired) electrons. The van der Waals surface area contributed by atoms with Crippen molar-refractivity contribution in [1.82, 2.24) is 5.32 Å². The van der Waals surface area contributed by atoms with Crippen molar-refractivity contribution in [3.8, 4) is 0 Å². The van der Waals surface area contributed by atoms with Crippen LogP contribution in [0.15, 0.2) is 18.2 Å². The van der Waals surface area contributed by atoms with Gasteiger partial charge in [-0.25, -0.2) is 0 Å². The number of nitro benzene ring substituents is 1. The second-order valence-corrected chi connectivity index (χ2v) is 4.74. The lowest BCUT2D eigenvalue weighted by Crippen LogP contribution is -2.35. The highest BCUT2D eigenvalue weighted by Gasteiger charge is 2.21. The number of hydrogen-bond acceptors (Lipinski definition) is 4. The summed E-state index contributed by atoms with van der Waals surface area (Å²) in [4.78, 5) is 22.3. The predicted molar refractivity (Wildman–Crippen MR) is 71.1 cm³/mol. The van der Waals surface area contributed by atoms with E-state index in [-0.39, 0.29) is 17.3 Å². The number of rotatable bonds is 5. The summed E-state index contributed by atoms with van der Waals surface area (Å²) in [5.41, 5.74) is 0.605. The molecule has 2 N–H and O–H groups in total. The van der Waals surface area contributed by atoms with Crippen LogP contribution in [0.4, 0.5) is 5.69 Å². The molecule has 0 aliphatic carbocycles. The Labute approximate surface area is 111 Å². The Morgan fingerprint density at radius 2 is 2.11 bits per heavy atom. The van der Waals surface area contributed by atoms with E-state index in [1.807, 2.05) is 0 Å². The Balaban J connectivity index is 2.92. The molecule has 19 heavy (non-hydrogen) atoms. The summed E-state index contributed by atoms with van der Waals surface area (Å²) < 4.78 is 0. The van der Waals surface area contributed by atoms with Gasteiger partial charge in [-0.05, 0) is 38.8 Å². The molecule has 0 aromatic heterocycles. The normalized spacial score (nSPS) is 13.7. The van der Waals surface area contributed by atoms with Gasteiger partial charge in [0.2, 0.25) is 0 Å². The molecule has 0 saturated heterocycles. The highest BCUT2D eigenvalue weighted by atomic mass is 16.6. The van der Waals surface area contributed by atoms with Gasteiger partial charge in [0.15, 0.2) is 0 Å². The summed E-state index contributed by atoms with van der Waals surface area (Å²) in [6.45, 7) is 5.13. The Morgan fingerprint density at radius 1 is 1.47 bits per heavy atom. The number of amides is 1. The van der Waals surface area contributed by atoms with Gasteiger partial charge in [-0.15, -0.1) is 0 Å². The number of benzene rings is 1. The minimum atomic E-state index is -0.576. The molecular formula is C13H18N2O4. The molecule has 0 spiro atoms. The third-order valence-corrected chi connectivity index (χ3v) is 2.67. The second kappa shape index (κ2) is 6.29. The number of carbonyl (C=O) groups excluding carboxylic acids is 1. The highest BCUT2D eigenvalue weighted by molar-refractivity contribution is 5.98. The van der Waals surface area contributed by atoms with Gasteiger partial charge in [0.1, 0.15) is 5.56 Å². The van der Waals surface area contributed by atoms with Crippen LogP contribution >= 0.6 is 0 Å². The van der Waals surface area contributed by atoms with Crippen molar-refractivity contribution in [3.05, 3.63) is 39.4 Å². The number of nitro groups is 1. The molecule has 1 aromatic carbocycles. The fourth-order valence-electron chi connectivity index (χ4n) is 1.86. The molecule has 6 nitrogen and oxygen atoms in total. The van der Waals surface area contributed by atoms with Gasteiger partial charge in [0, 0.05) is 12.1 Å². The Bertz CT molecular complexity index is 486. The molecule has 2 atom stereocenters. The molecule has 104 valence electrons. The van der Waals surface area contributed by atoms with Crippen LogP contribution in [-0.4, -0.2) is 28.1 Å². The van der Waals surface area contributed by atoms with Gasteiger partial charge in [-0.1, -0.05) is 6.07 Å². The molecule has 1 aromatic rings. The van der Waals surface area contributed by atoms with Crippen LogP contribution in [0.25, 0.3) is 0 Å². The Kier molecular flexibility index (Phi) is 5.00. The van der Waals surface area contributed by atoms with Crippen molar-refractivity contribution < 1.29 is 14.8 Å². The molecule has 0 aliphatic rings. The summed E-state index contributed by atoms with van der Waals surface area (Å²) in [5, 5.41) is 22.8. The molecular weight excluding hydrogens is 248 g/mol. The van der Waals surface area contributed by atoms with E-state index in [0.717, 1.165) is 5.56 Å². The number of carbonyl (C=O) groups is 1. The summed E-state index contributed by atoms with van der Waals surface area (Å²) in [6, 6.07) is 4.15. The first kappa shape index (κ1) is 15.1. The van der Waals surface area contributed by atoms with Crippen LogP contribution in [0.3, 0.4) is 0 Å². The van der Waals surface area contributed by atoms with Crippen molar-refractivity contribution in [2.75, 3.05) is 0 Å². The van der Waals surface area contributed by atoms with Gasteiger partial charge in [0.05, 0.1) is 11.0 Å². The van der Waals surface area contributed by atoms with E-state index >= 15 is 0 Å². The molecule has 6 heteroatoms. The maximum atomic E-state index is 12.0. The molecule has 2 unspecified atom stereocenters. The zero-order valence-corrected chi connectivity index (χ0v) is 11.2. The van der Waals surface area contributed by atoms with Crippen LogP contribution in [0, 0.1) is 17.0 Å². The SMILES string of the molecule is Cc1ccc([N+](=O)[O-])c(C(=O)NC(C)CC(C)O)c1. The summed E-state index contributed by atoms with van der Waals surface area (Å²) >= 11 is 0. The fourth-order valence-corrected chi connectivity index (χ4v) is 1.86. The predicted octanol–water partition coefficient (Wildman–Crippen LogP) is 1.79. The lowest BCUT2D eigenvalue weighted by atomic mass is 10.1. The van der Waals surface area contributed by atoms with E-state index < -0.39 is 16.9 Å². The molecule has 1 rings (SSSR count). The van der Waals surface area contributed by atoms with Gasteiger partial charge in [-0.3, -0.25) is 14.9 Å². The van der Waals surface area contributed by atoms with E-state index in [1.54, 1.807) is 26.8 Å². The van der Waals surface area contributed by atoms with Crippen molar-refractivity contribution in [2.45, 2.75) is 39.3 Å². The molecule has 0 aliphatic heterocycles. The second-order valence-electron chi connectivity index (χ2n) is 4.74. The topological polar surface area (TPSA) is 92.5 Å². The van der Waals surface area contributed by atoms with Crippen LogP contribution in [0.2, 0.25) is 0 Å². The number of aryl methyl sites for hydroxylation is 1. The van der Waals surface area contributed by atoms with Gasteiger partial charge < -0.3 is 10.4 Å². The maximum Gasteiger partial charge on any atom is 0.282 e. The zero-order chi connectivity index (χ0) is 14.6. The van der Waals surface area contributed by atoms with Crippen molar-refractivity contribution in [3.63, 3.8) is 0 Å². The molecule has 0 fully saturated rings. The fraction of sp³-hybridized carbons (Fsp3) is 0.462. The highest BCUT2D eigenvalue weighted by Crippen LogP contribution is 2.20. The number of nitrogens with zero attached hydrogens (tertiary/aromatic N) is 1. The molecule has 0 heterocycles. The number of hydrogen-bond donors (Lipinski definition) is 2. The van der Waals surface area contributed by atoms with Crippen LogP contribution in [0.1, 0.15) is 36.2 Å². The average molecular weight is 266 g/mol. The Morgan fingerprint density at radius 3 is 2.63 bits per heavy atom. The first-order chi connectivity index (χ1) is 8.81. The van der Waals surface area contributed by atoms with Crippen LogP contribution in [0.5, 0.6) is 0 Å². The van der Waals surface area contributed by atoms with Crippen molar-refractivity contribution in [1.29, 1.82) is 0 Å². The van der Waals surface area contributed by atoms with Gasteiger partial charge in [0.25, 0.3) is 11.6 Å². The average Bonchev–Trinajstić information content (AvgIpc) is 2.26. The monoisotopic (exact) mass is 266 g/mol. The lowest BCUT2D eigenvalue weighted by molar-refractivity contribution is -0.385. The zero-order valence-electron chi connectivity index (χ0n) is 11.2. The van der Waals surface area contributed by atoms with E-state index in [0.29, 0.717) is 6.42 Å². The summed E-state index contributed by atoms with van der Waals surface area (Å²) in [5.74, 6) is -0.497. The number of aliphatic hydroxyl groups excluding tert-OH is 1. The van der Waals surface area contributed by atoms with Crippen molar-refractivity contribution >= 4 is 11.6 Å². The summed E-state index contributed by atoms with van der Waals surface area (Å²) in [6.07, 6.45) is -0.145. The Hall–Kier alpha value is -1.95. The van der Waals surface area contributed by atoms with Gasteiger partial charge >= 0.3 is 0 Å². The quantitative estimate of drug-likeness (QED) is 0.627. The molecule has 0 bridgehead atoms. The van der Waals surface area contributed by atoms with E-state index in [1.165, 1.54) is 12.1 Å². The van der Waals surface area contributed by atoms with Crippen LogP contribution < -0.4 is 5.32 Å². The lowest BCUT2D eigenvalue weighted by Gasteiger charge is -2.15. The summed E-state index contributed by atoms with van der Waals surface area (Å²) in [7, 11) is 0. The minimum absolute atomic E-state index is 0.0439. The largest absolute Gasteiger partial charge is 0.393 e. The first-order valence-corrected chi connectivity index (χ1v) is 6.05.